The van der Waals surface area contributed by atoms with E-state index in [1.165, 1.54) is 10.5 Å². The van der Waals surface area contributed by atoms with Gasteiger partial charge in [0.25, 0.3) is 0 Å². The van der Waals surface area contributed by atoms with Crippen LogP contribution in [-0.2, 0) is 11.2 Å². The Morgan fingerprint density at radius 2 is 2.29 bits per heavy atom. The Kier molecular flexibility index (Phi) is 6.37. The third-order valence-corrected chi connectivity index (χ3v) is 3.94. The lowest BCUT2D eigenvalue weighted by Gasteiger charge is -2.19. The third-order valence-electron chi connectivity index (χ3n) is 3.56. The van der Waals surface area contributed by atoms with Crippen molar-refractivity contribution in [3.63, 3.8) is 0 Å². The summed E-state index contributed by atoms with van der Waals surface area (Å²) in [6.45, 7) is 2.73. The molecular formula is C17H20INO2. The van der Waals surface area contributed by atoms with Crippen LogP contribution in [0.3, 0.4) is 0 Å². The van der Waals surface area contributed by atoms with E-state index in [0.29, 0.717) is 11.0 Å². The van der Waals surface area contributed by atoms with E-state index in [0.717, 1.165) is 31.2 Å². The maximum atomic E-state index is 12.3. The molecule has 1 aromatic rings. The summed E-state index contributed by atoms with van der Waals surface area (Å²) in [6, 6.07) is 11.1. The third kappa shape index (κ3) is 4.37. The lowest BCUT2D eigenvalue weighted by atomic mass is 10.1. The molecule has 0 aromatic heterocycles. The number of amides is 1. The van der Waals surface area contributed by atoms with Gasteiger partial charge in [-0.2, -0.15) is 0 Å². The molecule has 1 amide bonds. The van der Waals surface area contributed by atoms with Crippen LogP contribution in [0.4, 0.5) is 4.79 Å². The number of halogens is 1. The zero-order chi connectivity index (χ0) is 15.1. The van der Waals surface area contributed by atoms with Crippen molar-refractivity contribution in [1.82, 2.24) is 4.90 Å². The quantitative estimate of drug-likeness (QED) is 0.328. The molecule has 4 heteroatoms. The topological polar surface area (TPSA) is 29.5 Å². The Balaban J connectivity index is 2.02. The number of carbonyl (C=O) groups excluding carboxylic acids is 1. The van der Waals surface area contributed by atoms with E-state index < -0.39 is 0 Å². The van der Waals surface area contributed by atoms with E-state index in [-0.39, 0.29) is 12.2 Å². The Hall–Kier alpha value is -1.22. The molecular weight excluding hydrogens is 377 g/mol. The van der Waals surface area contributed by atoms with Gasteiger partial charge in [-0.15, -0.1) is 0 Å². The molecule has 0 fully saturated rings. The SMILES string of the molecule is CCCCN(C#CCI)C(=O)OC1CCc2ccccc21. The molecule has 112 valence electrons. The lowest BCUT2D eigenvalue weighted by Crippen LogP contribution is -2.29. The minimum absolute atomic E-state index is 0.126. The number of carbonyl (C=O) groups is 1. The van der Waals surface area contributed by atoms with Crippen LogP contribution >= 0.6 is 22.6 Å². The molecule has 1 aliphatic rings. The van der Waals surface area contributed by atoms with Crippen molar-refractivity contribution >= 4 is 28.7 Å². The number of hydrogen-bond donors (Lipinski definition) is 0. The van der Waals surface area contributed by atoms with Gasteiger partial charge < -0.3 is 4.74 Å². The van der Waals surface area contributed by atoms with Crippen molar-refractivity contribution in [3.05, 3.63) is 35.4 Å². The summed E-state index contributed by atoms with van der Waals surface area (Å²) < 4.78 is 6.38. The molecule has 0 N–H and O–H groups in total. The number of alkyl halides is 1. The highest BCUT2D eigenvalue weighted by Gasteiger charge is 2.27. The first-order valence-corrected chi connectivity index (χ1v) is 8.89. The summed E-state index contributed by atoms with van der Waals surface area (Å²) >= 11 is 2.18. The first-order valence-electron chi connectivity index (χ1n) is 7.36. The Morgan fingerprint density at radius 1 is 1.48 bits per heavy atom. The Labute approximate surface area is 140 Å². The van der Waals surface area contributed by atoms with Gasteiger partial charge in [0.1, 0.15) is 6.10 Å². The number of nitrogens with zero attached hydrogens (tertiary/aromatic N) is 1. The van der Waals surface area contributed by atoms with Crippen molar-refractivity contribution in [2.75, 3.05) is 11.0 Å². The maximum absolute atomic E-state index is 12.3. The van der Waals surface area contributed by atoms with Crippen LogP contribution in [0.25, 0.3) is 0 Å². The van der Waals surface area contributed by atoms with E-state index in [4.69, 9.17) is 4.74 Å². The van der Waals surface area contributed by atoms with Crippen molar-refractivity contribution < 1.29 is 9.53 Å². The predicted molar refractivity (Wildman–Crippen MR) is 92.3 cm³/mol. The van der Waals surface area contributed by atoms with Crippen molar-refractivity contribution in [3.8, 4) is 12.0 Å². The van der Waals surface area contributed by atoms with E-state index in [9.17, 15) is 4.79 Å². The molecule has 0 aliphatic heterocycles. The fourth-order valence-corrected chi connectivity index (χ4v) is 2.63. The molecule has 1 atom stereocenters. The van der Waals surface area contributed by atoms with Crippen LogP contribution < -0.4 is 0 Å². The van der Waals surface area contributed by atoms with Crippen molar-refractivity contribution in [2.45, 2.75) is 38.7 Å². The maximum Gasteiger partial charge on any atom is 0.422 e. The summed E-state index contributed by atoms with van der Waals surface area (Å²) in [4.78, 5) is 13.8. The largest absolute Gasteiger partial charge is 0.441 e. The molecule has 0 bridgehead atoms. The molecule has 3 nitrogen and oxygen atoms in total. The normalized spacial score (nSPS) is 15.8. The second kappa shape index (κ2) is 8.28. The molecule has 0 saturated heterocycles. The molecule has 0 saturated carbocycles. The molecule has 0 radical (unpaired) electrons. The number of rotatable bonds is 4. The van der Waals surface area contributed by atoms with Gasteiger partial charge in [-0.25, -0.2) is 9.69 Å². The molecule has 0 spiro atoms. The number of ether oxygens (including phenoxy) is 1. The molecule has 1 aromatic carbocycles. The smallest absolute Gasteiger partial charge is 0.422 e. The first-order chi connectivity index (χ1) is 10.3. The summed E-state index contributed by atoms with van der Waals surface area (Å²) in [7, 11) is 0. The fraction of sp³-hybridized carbons (Fsp3) is 0.471. The molecule has 0 heterocycles. The summed E-state index contributed by atoms with van der Waals surface area (Å²) in [5.41, 5.74) is 2.43. The highest BCUT2D eigenvalue weighted by Crippen LogP contribution is 2.34. The van der Waals surface area contributed by atoms with Gasteiger partial charge in [0.2, 0.25) is 0 Å². The van der Waals surface area contributed by atoms with Crippen molar-refractivity contribution in [1.29, 1.82) is 0 Å². The summed E-state index contributed by atoms with van der Waals surface area (Å²) in [6.07, 6.45) is 3.37. The number of hydrogen-bond acceptors (Lipinski definition) is 2. The highest BCUT2D eigenvalue weighted by molar-refractivity contribution is 14.1. The van der Waals surface area contributed by atoms with Crippen LogP contribution in [0, 0.1) is 12.0 Å². The molecule has 1 aliphatic carbocycles. The van der Waals surface area contributed by atoms with E-state index in [1.807, 2.05) is 18.2 Å². The summed E-state index contributed by atoms with van der Waals surface area (Å²) in [5, 5.41) is 0. The van der Waals surface area contributed by atoms with Gasteiger partial charge in [0, 0.05) is 12.6 Å². The second-order valence-corrected chi connectivity index (χ2v) is 5.80. The van der Waals surface area contributed by atoms with Gasteiger partial charge in [-0.05, 0) is 30.4 Å². The number of fused-ring (bicyclic) bond motifs is 1. The molecule has 1 unspecified atom stereocenters. The van der Waals surface area contributed by atoms with Gasteiger partial charge in [-0.3, -0.25) is 0 Å². The van der Waals surface area contributed by atoms with Gasteiger partial charge in [0.15, 0.2) is 0 Å². The number of benzene rings is 1. The fourth-order valence-electron chi connectivity index (χ4n) is 2.46. The zero-order valence-electron chi connectivity index (χ0n) is 12.3. The van der Waals surface area contributed by atoms with E-state index in [1.54, 1.807) is 0 Å². The predicted octanol–water partition coefficient (Wildman–Crippen LogP) is 4.31. The minimum Gasteiger partial charge on any atom is -0.441 e. The first kappa shape index (κ1) is 16.2. The zero-order valence-corrected chi connectivity index (χ0v) is 14.4. The van der Waals surface area contributed by atoms with Crippen LogP contribution in [0.15, 0.2) is 24.3 Å². The monoisotopic (exact) mass is 397 g/mol. The number of aryl methyl sites for hydroxylation is 1. The van der Waals surface area contributed by atoms with Crippen LogP contribution in [-0.4, -0.2) is 22.0 Å². The standard InChI is InChI=1S/C17H20INO2/c1-2-3-12-19(13-6-11-18)17(20)21-16-10-9-14-7-4-5-8-15(14)16/h4-5,7-8,16H,2-3,9-12H2,1H3. The molecule has 21 heavy (non-hydrogen) atoms. The lowest BCUT2D eigenvalue weighted by molar-refractivity contribution is 0.0760. The minimum atomic E-state index is -0.317. The Morgan fingerprint density at radius 3 is 3.05 bits per heavy atom. The van der Waals surface area contributed by atoms with Gasteiger partial charge >= 0.3 is 6.09 Å². The second-order valence-electron chi connectivity index (χ2n) is 5.04. The van der Waals surface area contributed by atoms with Crippen molar-refractivity contribution in [2.24, 2.45) is 0 Å². The van der Waals surface area contributed by atoms with Crippen LogP contribution in [0.1, 0.15) is 43.4 Å². The summed E-state index contributed by atoms with van der Waals surface area (Å²) in [5.74, 6) is 2.94. The number of unbranched alkanes of at least 4 members (excludes halogenated alkanes) is 1. The van der Waals surface area contributed by atoms with Gasteiger partial charge in [-0.1, -0.05) is 66.1 Å². The van der Waals surface area contributed by atoms with Gasteiger partial charge in [0.05, 0.1) is 4.43 Å². The van der Waals surface area contributed by atoms with Crippen LogP contribution in [0.5, 0.6) is 0 Å². The van der Waals surface area contributed by atoms with E-state index >= 15 is 0 Å². The Bertz CT molecular complexity index is 547. The average Bonchev–Trinajstić information content (AvgIpc) is 2.91. The van der Waals surface area contributed by atoms with E-state index in [2.05, 4.69) is 47.5 Å². The van der Waals surface area contributed by atoms with Crippen LogP contribution in [0.2, 0.25) is 0 Å². The molecule has 2 rings (SSSR count). The highest BCUT2D eigenvalue weighted by atomic mass is 127. The average molecular weight is 397 g/mol.